The van der Waals surface area contributed by atoms with E-state index in [1.165, 1.54) is 4.90 Å². The predicted molar refractivity (Wildman–Crippen MR) is 97.7 cm³/mol. The third kappa shape index (κ3) is 4.21. The summed E-state index contributed by atoms with van der Waals surface area (Å²) >= 11 is 5.76. The molecule has 2 aliphatic rings. The minimum atomic E-state index is -0.730. The molecular formula is C18H21ClN4O4. The molecule has 9 heteroatoms. The molecule has 5 amide bonds. The first-order valence-corrected chi connectivity index (χ1v) is 9.28. The number of benzene rings is 1. The summed E-state index contributed by atoms with van der Waals surface area (Å²) in [5.74, 6) is -1.06. The minimum Gasteiger partial charge on any atom is -0.323 e. The van der Waals surface area contributed by atoms with Gasteiger partial charge in [0.25, 0.3) is 11.8 Å². The van der Waals surface area contributed by atoms with Crippen molar-refractivity contribution in [2.75, 3.05) is 6.54 Å². The number of amides is 5. The molecule has 1 aliphatic heterocycles. The molecule has 1 aromatic rings. The number of carbonyl (C=O) groups is 4. The van der Waals surface area contributed by atoms with E-state index in [1.54, 1.807) is 24.3 Å². The van der Waals surface area contributed by atoms with Crippen molar-refractivity contribution in [2.24, 2.45) is 0 Å². The zero-order valence-electron chi connectivity index (χ0n) is 14.7. The van der Waals surface area contributed by atoms with Crippen LogP contribution in [0, 0.1) is 0 Å². The summed E-state index contributed by atoms with van der Waals surface area (Å²) in [6.07, 6.45) is 3.59. The Bertz CT molecular complexity index is 759. The minimum absolute atomic E-state index is 0.0744. The zero-order chi connectivity index (χ0) is 19.4. The lowest BCUT2D eigenvalue weighted by Crippen LogP contribution is -2.44. The molecule has 0 aromatic heterocycles. The number of halogens is 1. The Kier molecular flexibility index (Phi) is 5.65. The van der Waals surface area contributed by atoms with Crippen molar-refractivity contribution >= 4 is 35.4 Å². The van der Waals surface area contributed by atoms with Crippen molar-refractivity contribution in [2.45, 2.75) is 44.1 Å². The molecule has 27 heavy (non-hydrogen) atoms. The number of imide groups is 1. The first kappa shape index (κ1) is 19.2. The maximum absolute atomic E-state index is 12.5. The number of nitrogens with zero attached hydrogens (tertiary/aromatic N) is 1. The third-order valence-corrected chi connectivity index (χ3v) is 5.16. The monoisotopic (exact) mass is 392 g/mol. The van der Waals surface area contributed by atoms with Crippen molar-refractivity contribution in [1.82, 2.24) is 21.1 Å². The number of carbonyl (C=O) groups excluding carboxylic acids is 4. The van der Waals surface area contributed by atoms with E-state index in [2.05, 4.69) is 16.2 Å². The van der Waals surface area contributed by atoms with E-state index < -0.39 is 23.4 Å². The molecule has 3 N–H and O–H groups in total. The van der Waals surface area contributed by atoms with Crippen LogP contribution in [0.4, 0.5) is 4.79 Å². The molecule has 3 rings (SSSR count). The predicted octanol–water partition coefficient (Wildman–Crippen LogP) is 1.75. The third-order valence-electron chi connectivity index (χ3n) is 4.91. The Labute approximate surface area is 161 Å². The van der Waals surface area contributed by atoms with E-state index in [-0.39, 0.29) is 18.9 Å². The van der Waals surface area contributed by atoms with Gasteiger partial charge in [0.05, 0.1) is 0 Å². The number of hydrogen-bond donors (Lipinski definition) is 3. The maximum Gasteiger partial charge on any atom is 0.325 e. The summed E-state index contributed by atoms with van der Waals surface area (Å²) in [5.41, 5.74) is 4.26. The molecule has 0 bridgehead atoms. The summed E-state index contributed by atoms with van der Waals surface area (Å²) < 4.78 is 0. The van der Waals surface area contributed by atoms with Gasteiger partial charge in [0.15, 0.2) is 0 Å². The Morgan fingerprint density at radius 1 is 1.11 bits per heavy atom. The lowest BCUT2D eigenvalue weighted by atomic mass is 9.98. The quantitative estimate of drug-likeness (QED) is 0.524. The van der Waals surface area contributed by atoms with Gasteiger partial charge in [-0.25, -0.2) is 4.79 Å². The molecule has 8 nitrogen and oxygen atoms in total. The van der Waals surface area contributed by atoms with Crippen LogP contribution >= 0.6 is 11.6 Å². The molecule has 1 saturated carbocycles. The zero-order valence-corrected chi connectivity index (χ0v) is 15.5. The van der Waals surface area contributed by atoms with Gasteiger partial charge in [-0.05, 0) is 43.5 Å². The Morgan fingerprint density at radius 2 is 1.78 bits per heavy atom. The number of urea groups is 1. The summed E-state index contributed by atoms with van der Waals surface area (Å²) in [7, 11) is 0. The molecular weight excluding hydrogens is 372 g/mol. The molecule has 1 spiro atoms. The molecule has 1 aromatic carbocycles. The van der Waals surface area contributed by atoms with Gasteiger partial charge in [-0.2, -0.15) is 0 Å². The Hall–Kier alpha value is -2.61. The van der Waals surface area contributed by atoms with Crippen LogP contribution in [0.3, 0.4) is 0 Å². The fraction of sp³-hybridized carbons (Fsp3) is 0.444. The molecule has 1 aliphatic carbocycles. The lowest BCUT2D eigenvalue weighted by Gasteiger charge is -2.19. The van der Waals surface area contributed by atoms with Gasteiger partial charge in [-0.3, -0.25) is 30.1 Å². The van der Waals surface area contributed by atoms with Crippen molar-refractivity contribution < 1.29 is 19.2 Å². The second-order valence-electron chi connectivity index (χ2n) is 6.79. The van der Waals surface area contributed by atoms with Gasteiger partial charge in [0, 0.05) is 23.6 Å². The Morgan fingerprint density at radius 3 is 2.44 bits per heavy atom. The topological polar surface area (TPSA) is 108 Å². The van der Waals surface area contributed by atoms with Crippen LogP contribution in [0.1, 0.15) is 48.9 Å². The van der Waals surface area contributed by atoms with Gasteiger partial charge in [0.2, 0.25) is 5.91 Å². The van der Waals surface area contributed by atoms with Gasteiger partial charge in [-0.15, -0.1) is 0 Å². The van der Waals surface area contributed by atoms with Crippen LogP contribution in [0.15, 0.2) is 24.3 Å². The van der Waals surface area contributed by atoms with Crippen LogP contribution in [0.5, 0.6) is 0 Å². The summed E-state index contributed by atoms with van der Waals surface area (Å²) in [4.78, 5) is 49.5. The highest BCUT2D eigenvalue weighted by Crippen LogP contribution is 2.35. The van der Waals surface area contributed by atoms with E-state index in [4.69, 9.17) is 11.6 Å². The van der Waals surface area contributed by atoms with Crippen molar-refractivity contribution in [3.8, 4) is 0 Å². The highest BCUT2D eigenvalue weighted by molar-refractivity contribution is 6.30. The number of rotatable bonds is 5. The van der Waals surface area contributed by atoms with Gasteiger partial charge in [-0.1, -0.05) is 24.4 Å². The first-order valence-electron chi connectivity index (χ1n) is 8.90. The summed E-state index contributed by atoms with van der Waals surface area (Å²) in [6.45, 7) is 0.172. The van der Waals surface area contributed by atoms with Crippen molar-refractivity contribution in [3.63, 3.8) is 0 Å². The van der Waals surface area contributed by atoms with Gasteiger partial charge >= 0.3 is 6.03 Å². The maximum atomic E-state index is 12.5. The number of hydrogen-bond acceptors (Lipinski definition) is 4. The fourth-order valence-corrected chi connectivity index (χ4v) is 3.58. The molecule has 1 heterocycles. The second-order valence-corrected chi connectivity index (χ2v) is 7.23. The Balaban J connectivity index is 1.41. The van der Waals surface area contributed by atoms with Crippen molar-refractivity contribution in [3.05, 3.63) is 34.9 Å². The van der Waals surface area contributed by atoms with Crippen LogP contribution in [-0.2, 0) is 9.59 Å². The lowest BCUT2D eigenvalue weighted by molar-refractivity contribution is -0.131. The first-order chi connectivity index (χ1) is 12.9. The molecule has 2 fully saturated rings. The molecule has 0 unspecified atom stereocenters. The highest BCUT2D eigenvalue weighted by Gasteiger charge is 2.51. The molecule has 0 radical (unpaired) electrons. The van der Waals surface area contributed by atoms with E-state index >= 15 is 0 Å². The van der Waals surface area contributed by atoms with Crippen LogP contribution in [0.2, 0.25) is 5.02 Å². The largest absolute Gasteiger partial charge is 0.325 e. The smallest absolute Gasteiger partial charge is 0.323 e. The van der Waals surface area contributed by atoms with E-state index in [9.17, 15) is 19.2 Å². The standard InChI is InChI=1S/C18H21ClN4O4/c19-13-7-5-12(6-8-13)15(25)22-21-14(24)4-3-11-23-16(26)18(20-17(23)27)9-1-2-10-18/h5-8H,1-4,9-11H2,(H,20,27)(H,21,24)(H,22,25). The summed E-state index contributed by atoms with van der Waals surface area (Å²) in [6, 6.07) is 5.85. The van der Waals surface area contributed by atoms with Crippen LogP contribution in [-0.4, -0.2) is 40.7 Å². The van der Waals surface area contributed by atoms with E-state index in [1.807, 2.05) is 0 Å². The molecule has 1 saturated heterocycles. The van der Waals surface area contributed by atoms with Crippen LogP contribution in [0.25, 0.3) is 0 Å². The SMILES string of the molecule is O=C(CCCN1C(=O)NC2(CCCC2)C1=O)NNC(=O)c1ccc(Cl)cc1. The normalized spacial score (nSPS) is 17.9. The van der Waals surface area contributed by atoms with Crippen molar-refractivity contribution in [1.29, 1.82) is 0 Å². The average molecular weight is 393 g/mol. The van der Waals surface area contributed by atoms with E-state index in [0.29, 0.717) is 29.8 Å². The van der Waals surface area contributed by atoms with Crippen LogP contribution < -0.4 is 16.2 Å². The fourth-order valence-electron chi connectivity index (χ4n) is 3.46. The van der Waals surface area contributed by atoms with E-state index in [0.717, 1.165) is 12.8 Å². The molecule has 0 atom stereocenters. The number of hydrazine groups is 1. The average Bonchev–Trinajstić information content (AvgIpc) is 3.20. The van der Waals surface area contributed by atoms with Gasteiger partial charge < -0.3 is 5.32 Å². The highest BCUT2D eigenvalue weighted by atomic mass is 35.5. The van der Waals surface area contributed by atoms with Gasteiger partial charge in [0.1, 0.15) is 5.54 Å². The second kappa shape index (κ2) is 7.96. The summed E-state index contributed by atoms with van der Waals surface area (Å²) in [5, 5.41) is 3.31. The molecule has 144 valence electrons. The number of nitrogens with one attached hydrogen (secondary N) is 3.